The van der Waals surface area contributed by atoms with Crippen LogP contribution in [0.1, 0.15) is 51.1 Å². The molecular weight excluding hydrogens is 256 g/mol. The van der Waals surface area contributed by atoms with Crippen LogP contribution in [-0.4, -0.2) is 30.6 Å². The second kappa shape index (κ2) is 6.93. The molecule has 3 rings (SSSR count). The Labute approximate surface area is 129 Å². The minimum atomic E-state index is 0.510. The summed E-state index contributed by atoms with van der Waals surface area (Å²) in [6.45, 7) is 8.33. The molecule has 2 fully saturated rings. The van der Waals surface area contributed by atoms with Crippen molar-refractivity contribution in [2.75, 3.05) is 19.6 Å². The Hall–Kier alpha value is -0.860. The van der Waals surface area contributed by atoms with Gasteiger partial charge in [-0.1, -0.05) is 57.0 Å². The summed E-state index contributed by atoms with van der Waals surface area (Å²) in [5, 5.41) is 3.80. The minimum Gasteiger partial charge on any atom is -0.307 e. The van der Waals surface area contributed by atoms with Gasteiger partial charge in [-0.2, -0.15) is 0 Å². The Morgan fingerprint density at radius 3 is 2.48 bits per heavy atom. The summed E-state index contributed by atoms with van der Waals surface area (Å²) in [5.74, 6) is 1.82. The highest BCUT2D eigenvalue weighted by Gasteiger charge is 2.39. The van der Waals surface area contributed by atoms with E-state index in [2.05, 4.69) is 54.4 Å². The fourth-order valence-corrected chi connectivity index (χ4v) is 3.77. The van der Waals surface area contributed by atoms with Crippen LogP contribution in [0, 0.1) is 11.8 Å². The van der Waals surface area contributed by atoms with Crippen molar-refractivity contribution in [3.05, 3.63) is 35.9 Å². The molecule has 116 valence electrons. The molecule has 2 heteroatoms. The highest BCUT2D eigenvalue weighted by Crippen LogP contribution is 2.38. The van der Waals surface area contributed by atoms with Crippen LogP contribution in [0.5, 0.6) is 0 Å². The quantitative estimate of drug-likeness (QED) is 0.854. The van der Waals surface area contributed by atoms with E-state index in [9.17, 15) is 0 Å². The number of hydrogen-bond donors (Lipinski definition) is 1. The van der Waals surface area contributed by atoms with Crippen molar-refractivity contribution in [2.45, 2.75) is 51.6 Å². The predicted molar refractivity (Wildman–Crippen MR) is 89.3 cm³/mol. The monoisotopic (exact) mass is 286 g/mol. The zero-order valence-electron chi connectivity index (χ0n) is 13.6. The van der Waals surface area contributed by atoms with Gasteiger partial charge in [0.05, 0.1) is 0 Å². The number of piperazine rings is 1. The van der Waals surface area contributed by atoms with E-state index in [4.69, 9.17) is 0 Å². The number of benzene rings is 1. The van der Waals surface area contributed by atoms with Gasteiger partial charge >= 0.3 is 0 Å². The van der Waals surface area contributed by atoms with Gasteiger partial charge in [-0.05, 0) is 30.2 Å². The summed E-state index contributed by atoms with van der Waals surface area (Å²) < 4.78 is 0. The molecule has 2 nitrogen and oxygen atoms in total. The molecule has 1 aliphatic carbocycles. The number of hydrogen-bond acceptors (Lipinski definition) is 2. The number of rotatable bonds is 6. The smallest absolute Gasteiger partial charge is 0.0449 e. The van der Waals surface area contributed by atoms with Gasteiger partial charge < -0.3 is 5.32 Å². The molecule has 1 saturated heterocycles. The van der Waals surface area contributed by atoms with Crippen LogP contribution in [0.4, 0.5) is 0 Å². The summed E-state index contributed by atoms with van der Waals surface area (Å²) in [7, 11) is 0. The molecule has 1 aliphatic heterocycles. The lowest BCUT2D eigenvalue weighted by Crippen LogP contribution is -2.54. The van der Waals surface area contributed by atoms with Crippen LogP contribution in [0.2, 0.25) is 0 Å². The Balaban J connectivity index is 1.69. The van der Waals surface area contributed by atoms with Crippen molar-refractivity contribution in [2.24, 2.45) is 11.8 Å². The first-order valence-corrected chi connectivity index (χ1v) is 8.84. The fourth-order valence-electron chi connectivity index (χ4n) is 3.77. The van der Waals surface area contributed by atoms with E-state index in [1.165, 1.54) is 50.9 Å². The molecule has 1 N–H and O–H groups in total. The van der Waals surface area contributed by atoms with Gasteiger partial charge in [0.15, 0.2) is 0 Å². The van der Waals surface area contributed by atoms with E-state index >= 15 is 0 Å². The SMILES string of the molecule is CCC(CC)CN1CC(c2ccccc2)NCC1C1CC1. The van der Waals surface area contributed by atoms with Gasteiger partial charge in [-0.3, -0.25) is 4.90 Å². The Bertz CT molecular complexity index is 422. The van der Waals surface area contributed by atoms with Crippen LogP contribution in [0.25, 0.3) is 0 Å². The molecular formula is C19H30N2. The molecule has 2 atom stereocenters. The molecule has 0 spiro atoms. The first kappa shape index (κ1) is 15.1. The van der Waals surface area contributed by atoms with Crippen LogP contribution in [0.3, 0.4) is 0 Å². The lowest BCUT2D eigenvalue weighted by molar-refractivity contribution is 0.0938. The van der Waals surface area contributed by atoms with Crippen molar-refractivity contribution < 1.29 is 0 Å². The molecule has 1 aromatic carbocycles. The second-order valence-corrected chi connectivity index (χ2v) is 6.91. The maximum atomic E-state index is 3.80. The van der Waals surface area contributed by atoms with E-state index < -0.39 is 0 Å². The van der Waals surface area contributed by atoms with Crippen molar-refractivity contribution in [3.63, 3.8) is 0 Å². The molecule has 2 aliphatic rings. The summed E-state index contributed by atoms with van der Waals surface area (Å²) in [6.07, 6.45) is 5.52. The third-order valence-electron chi connectivity index (χ3n) is 5.47. The van der Waals surface area contributed by atoms with Gasteiger partial charge in [0.25, 0.3) is 0 Å². The fraction of sp³-hybridized carbons (Fsp3) is 0.684. The van der Waals surface area contributed by atoms with Crippen molar-refractivity contribution in [3.8, 4) is 0 Å². The van der Waals surface area contributed by atoms with Crippen molar-refractivity contribution in [1.29, 1.82) is 0 Å². The highest BCUT2D eigenvalue weighted by atomic mass is 15.2. The molecule has 0 bridgehead atoms. The van der Waals surface area contributed by atoms with Gasteiger partial charge in [-0.15, -0.1) is 0 Å². The van der Waals surface area contributed by atoms with Crippen LogP contribution < -0.4 is 5.32 Å². The number of nitrogens with one attached hydrogen (secondary N) is 1. The Morgan fingerprint density at radius 2 is 1.86 bits per heavy atom. The Morgan fingerprint density at radius 1 is 1.14 bits per heavy atom. The van der Waals surface area contributed by atoms with E-state index in [0.717, 1.165) is 17.9 Å². The Kier molecular flexibility index (Phi) is 4.97. The molecule has 0 amide bonds. The third kappa shape index (κ3) is 3.67. The third-order valence-corrected chi connectivity index (χ3v) is 5.47. The van der Waals surface area contributed by atoms with E-state index in [0.29, 0.717) is 6.04 Å². The summed E-state index contributed by atoms with van der Waals surface area (Å²) in [6, 6.07) is 12.3. The van der Waals surface area contributed by atoms with E-state index in [-0.39, 0.29) is 0 Å². The molecule has 21 heavy (non-hydrogen) atoms. The van der Waals surface area contributed by atoms with Crippen LogP contribution in [0.15, 0.2) is 30.3 Å². The average molecular weight is 286 g/mol. The molecule has 0 aromatic heterocycles. The topological polar surface area (TPSA) is 15.3 Å². The standard InChI is InChI=1S/C19H30N2/c1-3-15(4-2)13-21-14-18(16-8-6-5-7-9-16)20-12-19(21)17-10-11-17/h5-9,15,17-20H,3-4,10-14H2,1-2H3. The zero-order chi connectivity index (χ0) is 14.7. The molecule has 1 saturated carbocycles. The summed E-state index contributed by atoms with van der Waals surface area (Å²) >= 11 is 0. The highest BCUT2D eigenvalue weighted by molar-refractivity contribution is 5.20. The van der Waals surface area contributed by atoms with Crippen molar-refractivity contribution in [1.82, 2.24) is 10.2 Å². The lowest BCUT2D eigenvalue weighted by atomic mass is 9.96. The van der Waals surface area contributed by atoms with Gasteiger partial charge in [0.2, 0.25) is 0 Å². The summed E-state index contributed by atoms with van der Waals surface area (Å²) in [5.41, 5.74) is 1.45. The van der Waals surface area contributed by atoms with E-state index in [1.54, 1.807) is 0 Å². The normalized spacial score (nSPS) is 27.2. The van der Waals surface area contributed by atoms with Gasteiger partial charge in [0, 0.05) is 31.7 Å². The summed E-state index contributed by atoms with van der Waals surface area (Å²) in [4.78, 5) is 2.81. The first-order valence-electron chi connectivity index (χ1n) is 8.84. The maximum absolute atomic E-state index is 3.80. The largest absolute Gasteiger partial charge is 0.307 e. The maximum Gasteiger partial charge on any atom is 0.0449 e. The van der Waals surface area contributed by atoms with Gasteiger partial charge in [0.1, 0.15) is 0 Å². The van der Waals surface area contributed by atoms with Gasteiger partial charge in [-0.25, -0.2) is 0 Å². The van der Waals surface area contributed by atoms with Crippen LogP contribution >= 0.6 is 0 Å². The lowest BCUT2D eigenvalue weighted by Gasteiger charge is -2.42. The zero-order valence-corrected chi connectivity index (χ0v) is 13.6. The second-order valence-electron chi connectivity index (χ2n) is 6.91. The minimum absolute atomic E-state index is 0.510. The molecule has 1 aromatic rings. The molecule has 0 radical (unpaired) electrons. The number of nitrogens with zero attached hydrogens (tertiary/aromatic N) is 1. The molecule has 1 heterocycles. The molecule has 2 unspecified atom stereocenters. The average Bonchev–Trinajstić information content (AvgIpc) is 3.38. The van der Waals surface area contributed by atoms with E-state index in [1.807, 2.05) is 0 Å². The van der Waals surface area contributed by atoms with Crippen LogP contribution in [-0.2, 0) is 0 Å². The predicted octanol–water partition coefficient (Wildman–Crippen LogP) is 3.85. The van der Waals surface area contributed by atoms with Crippen molar-refractivity contribution >= 4 is 0 Å². The first-order chi connectivity index (χ1) is 10.3.